The number of carboxylic acids is 1. The summed E-state index contributed by atoms with van der Waals surface area (Å²) in [6.07, 6.45) is 0.163. The van der Waals surface area contributed by atoms with Gasteiger partial charge < -0.3 is 14.7 Å². The Morgan fingerprint density at radius 1 is 1.23 bits per heavy atom. The number of ether oxygens (including phenoxy) is 1. The second kappa shape index (κ2) is 8.15. The molecule has 1 aliphatic rings. The van der Waals surface area contributed by atoms with Crippen LogP contribution in [0, 0.1) is 13.8 Å². The minimum absolute atomic E-state index is 0.163. The van der Waals surface area contributed by atoms with Crippen LogP contribution >= 0.6 is 0 Å². The van der Waals surface area contributed by atoms with Gasteiger partial charge in [-0.25, -0.2) is 0 Å². The van der Waals surface area contributed by atoms with Crippen LogP contribution in [-0.2, 0) is 9.53 Å². The van der Waals surface area contributed by atoms with Gasteiger partial charge in [0.2, 0.25) is 0 Å². The summed E-state index contributed by atoms with van der Waals surface area (Å²) in [5.41, 5.74) is 3.61. The molecule has 0 saturated carbocycles. The molecule has 2 rings (SSSR count). The highest BCUT2D eigenvalue weighted by atomic mass is 16.5. The number of nitrogens with zero attached hydrogens (tertiary/aromatic N) is 2. The van der Waals surface area contributed by atoms with Gasteiger partial charge in [0.25, 0.3) is 0 Å². The first kappa shape index (κ1) is 16.8. The fraction of sp³-hybridized carbons (Fsp3) is 0.588. The van der Waals surface area contributed by atoms with E-state index in [9.17, 15) is 4.79 Å². The largest absolute Gasteiger partial charge is 0.481 e. The number of rotatable bonds is 7. The van der Waals surface area contributed by atoms with E-state index in [0.717, 1.165) is 45.1 Å². The van der Waals surface area contributed by atoms with E-state index in [-0.39, 0.29) is 6.42 Å². The molecule has 5 nitrogen and oxygen atoms in total. The molecule has 0 aliphatic carbocycles. The van der Waals surface area contributed by atoms with E-state index in [2.05, 4.69) is 41.8 Å². The molecule has 1 aromatic rings. The van der Waals surface area contributed by atoms with Crippen LogP contribution in [0.2, 0.25) is 0 Å². The Labute approximate surface area is 132 Å². The lowest BCUT2D eigenvalue weighted by atomic mass is 10.1. The van der Waals surface area contributed by atoms with Crippen LogP contribution < -0.4 is 4.90 Å². The Bertz CT molecular complexity index is 499. The number of benzene rings is 1. The van der Waals surface area contributed by atoms with E-state index >= 15 is 0 Å². The summed E-state index contributed by atoms with van der Waals surface area (Å²) in [7, 11) is 0. The quantitative estimate of drug-likeness (QED) is 0.834. The molecular weight excluding hydrogens is 280 g/mol. The number of hydrogen-bond acceptors (Lipinski definition) is 4. The molecule has 22 heavy (non-hydrogen) atoms. The van der Waals surface area contributed by atoms with E-state index in [1.54, 1.807) is 0 Å². The summed E-state index contributed by atoms with van der Waals surface area (Å²) in [6, 6.07) is 6.34. The number of hydrogen-bond donors (Lipinski definition) is 1. The summed E-state index contributed by atoms with van der Waals surface area (Å²) in [4.78, 5) is 15.5. The van der Waals surface area contributed by atoms with Crippen molar-refractivity contribution in [2.24, 2.45) is 0 Å². The van der Waals surface area contributed by atoms with Crippen molar-refractivity contribution in [1.82, 2.24) is 4.90 Å². The molecule has 122 valence electrons. The third kappa shape index (κ3) is 5.00. The molecule has 0 amide bonds. The first-order chi connectivity index (χ1) is 10.6. The molecule has 0 spiro atoms. The Hall–Kier alpha value is -1.59. The van der Waals surface area contributed by atoms with Gasteiger partial charge in [-0.1, -0.05) is 6.07 Å². The van der Waals surface area contributed by atoms with Gasteiger partial charge in [-0.2, -0.15) is 0 Å². The highest BCUT2D eigenvalue weighted by Gasteiger charge is 2.14. The fourth-order valence-electron chi connectivity index (χ4n) is 2.61. The Kier molecular flexibility index (Phi) is 6.21. The standard InChI is InChI=1S/C17H26N2O3/c1-14-3-4-16(13-15(14)2)19(6-5-17(20)21)8-7-18-9-11-22-12-10-18/h3-4,13H,5-12H2,1-2H3,(H,20,21). The minimum atomic E-state index is -0.750. The lowest BCUT2D eigenvalue weighted by Gasteiger charge is -2.31. The maximum Gasteiger partial charge on any atom is 0.305 e. The van der Waals surface area contributed by atoms with Crippen LogP contribution in [0.1, 0.15) is 17.5 Å². The van der Waals surface area contributed by atoms with Gasteiger partial charge in [-0.05, 0) is 37.1 Å². The molecule has 0 radical (unpaired) electrons. The summed E-state index contributed by atoms with van der Waals surface area (Å²) >= 11 is 0. The summed E-state index contributed by atoms with van der Waals surface area (Å²) in [6.45, 7) is 10.0. The molecule has 0 atom stereocenters. The minimum Gasteiger partial charge on any atom is -0.481 e. The average molecular weight is 306 g/mol. The zero-order valence-electron chi connectivity index (χ0n) is 13.5. The predicted molar refractivity (Wildman–Crippen MR) is 87.6 cm³/mol. The van der Waals surface area contributed by atoms with Crippen molar-refractivity contribution in [2.45, 2.75) is 20.3 Å². The highest BCUT2D eigenvalue weighted by molar-refractivity contribution is 5.67. The van der Waals surface area contributed by atoms with Crippen LogP contribution in [0.5, 0.6) is 0 Å². The summed E-state index contributed by atoms with van der Waals surface area (Å²) in [5.74, 6) is -0.750. The molecule has 0 aromatic heterocycles. The molecule has 0 bridgehead atoms. The number of carboxylic acid groups (broad SMARTS) is 1. The van der Waals surface area contributed by atoms with E-state index in [1.165, 1.54) is 11.1 Å². The van der Waals surface area contributed by atoms with Gasteiger partial charge in [-0.15, -0.1) is 0 Å². The maximum atomic E-state index is 10.9. The van der Waals surface area contributed by atoms with Gasteiger partial charge in [-0.3, -0.25) is 9.69 Å². The third-order valence-corrected chi connectivity index (χ3v) is 4.24. The highest BCUT2D eigenvalue weighted by Crippen LogP contribution is 2.19. The maximum absolute atomic E-state index is 10.9. The predicted octanol–water partition coefficient (Wildman–Crippen LogP) is 1.92. The van der Waals surface area contributed by atoms with Gasteiger partial charge in [0.1, 0.15) is 0 Å². The molecule has 1 aliphatic heterocycles. The van der Waals surface area contributed by atoms with Crippen LogP contribution in [-0.4, -0.2) is 61.9 Å². The van der Waals surface area contributed by atoms with Crippen LogP contribution in [0.4, 0.5) is 5.69 Å². The van der Waals surface area contributed by atoms with E-state index in [0.29, 0.717) is 6.54 Å². The molecule has 5 heteroatoms. The Morgan fingerprint density at radius 3 is 2.59 bits per heavy atom. The monoisotopic (exact) mass is 306 g/mol. The average Bonchev–Trinajstić information content (AvgIpc) is 2.51. The lowest BCUT2D eigenvalue weighted by Crippen LogP contribution is -2.42. The molecule has 1 aromatic carbocycles. The Morgan fingerprint density at radius 2 is 1.95 bits per heavy atom. The van der Waals surface area contributed by atoms with Gasteiger partial charge in [0.05, 0.1) is 19.6 Å². The molecular formula is C17H26N2O3. The third-order valence-electron chi connectivity index (χ3n) is 4.24. The Balaban J connectivity index is 2.00. The van der Waals surface area contributed by atoms with Crippen LogP contribution in [0.3, 0.4) is 0 Å². The number of aliphatic carboxylic acids is 1. The zero-order chi connectivity index (χ0) is 15.9. The molecule has 1 saturated heterocycles. The van der Waals surface area contributed by atoms with E-state index in [1.807, 2.05) is 0 Å². The molecule has 1 heterocycles. The van der Waals surface area contributed by atoms with Crippen molar-refractivity contribution in [3.63, 3.8) is 0 Å². The van der Waals surface area contributed by atoms with Gasteiger partial charge in [0.15, 0.2) is 0 Å². The molecule has 0 unspecified atom stereocenters. The second-order valence-electron chi connectivity index (χ2n) is 5.85. The first-order valence-corrected chi connectivity index (χ1v) is 7.90. The number of anilines is 1. The number of morpholine rings is 1. The van der Waals surface area contributed by atoms with Crippen molar-refractivity contribution < 1.29 is 14.6 Å². The zero-order valence-corrected chi connectivity index (χ0v) is 13.5. The van der Waals surface area contributed by atoms with E-state index in [4.69, 9.17) is 9.84 Å². The SMILES string of the molecule is Cc1ccc(N(CCC(=O)O)CCN2CCOCC2)cc1C. The van der Waals surface area contributed by atoms with Crippen LogP contribution in [0.25, 0.3) is 0 Å². The number of carbonyl (C=O) groups is 1. The number of aryl methyl sites for hydroxylation is 2. The van der Waals surface area contributed by atoms with Crippen molar-refractivity contribution in [3.05, 3.63) is 29.3 Å². The van der Waals surface area contributed by atoms with Crippen LogP contribution in [0.15, 0.2) is 18.2 Å². The summed E-state index contributed by atoms with van der Waals surface area (Å²) < 4.78 is 5.37. The topological polar surface area (TPSA) is 53.0 Å². The molecule has 1 N–H and O–H groups in total. The van der Waals surface area contributed by atoms with Gasteiger partial charge >= 0.3 is 5.97 Å². The smallest absolute Gasteiger partial charge is 0.305 e. The lowest BCUT2D eigenvalue weighted by molar-refractivity contribution is -0.136. The summed E-state index contributed by atoms with van der Waals surface area (Å²) in [5, 5.41) is 8.97. The van der Waals surface area contributed by atoms with E-state index < -0.39 is 5.97 Å². The van der Waals surface area contributed by atoms with Crippen molar-refractivity contribution in [2.75, 3.05) is 50.8 Å². The van der Waals surface area contributed by atoms with Crippen molar-refractivity contribution in [1.29, 1.82) is 0 Å². The molecule has 1 fully saturated rings. The fourth-order valence-corrected chi connectivity index (χ4v) is 2.61. The van der Waals surface area contributed by atoms with Gasteiger partial charge in [0, 0.05) is 38.4 Å². The van der Waals surface area contributed by atoms with Crippen molar-refractivity contribution in [3.8, 4) is 0 Å². The second-order valence-corrected chi connectivity index (χ2v) is 5.85. The first-order valence-electron chi connectivity index (χ1n) is 7.90. The van der Waals surface area contributed by atoms with Crippen molar-refractivity contribution >= 4 is 11.7 Å². The normalized spacial score (nSPS) is 15.7.